The fourth-order valence-corrected chi connectivity index (χ4v) is 4.80. The Hall–Kier alpha value is -1.66. The Kier molecular flexibility index (Phi) is 5.59. The van der Waals surface area contributed by atoms with Crippen LogP contribution in [0.25, 0.3) is 0 Å². The SMILES string of the molecule is CCCc1sc(C(=O)Nc2sc(C)c(C)c2C(N)=O)cc1CC. The number of hydrogen-bond acceptors (Lipinski definition) is 4. The van der Waals surface area contributed by atoms with Gasteiger partial charge in [0.15, 0.2) is 0 Å². The van der Waals surface area contributed by atoms with Crippen LogP contribution in [0.4, 0.5) is 5.00 Å². The first kappa shape index (κ1) is 17.7. The van der Waals surface area contributed by atoms with Crippen LogP contribution in [-0.2, 0) is 12.8 Å². The highest BCUT2D eigenvalue weighted by Crippen LogP contribution is 2.33. The van der Waals surface area contributed by atoms with Gasteiger partial charge in [0.25, 0.3) is 11.8 Å². The summed E-state index contributed by atoms with van der Waals surface area (Å²) in [4.78, 5) is 27.1. The van der Waals surface area contributed by atoms with Gasteiger partial charge in [0, 0.05) is 9.75 Å². The third-order valence-corrected chi connectivity index (χ3v) is 6.20. The van der Waals surface area contributed by atoms with E-state index < -0.39 is 5.91 Å². The molecule has 124 valence electrons. The van der Waals surface area contributed by atoms with Crippen LogP contribution in [0.15, 0.2) is 6.07 Å². The van der Waals surface area contributed by atoms with Crippen LogP contribution in [0.5, 0.6) is 0 Å². The topological polar surface area (TPSA) is 72.2 Å². The molecular weight excluding hydrogens is 328 g/mol. The number of nitrogens with two attached hydrogens (primary N) is 1. The molecule has 2 heterocycles. The lowest BCUT2D eigenvalue weighted by molar-refractivity contribution is 0.100. The molecule has 0 bridgehead atoms. The predicted molar refractivity (Wildman–Crippen MR) is 98.0 cm³/mol. The normalized spacial score (nSPS) is 10.8. The van der Waals surface area contributed by atoms with Gasteiger partial charge in [-0.05, 0) is 43.9 Å². The van der Waals surface area contributed by atoms with E-state index >= 15 is 0 Å². The van der Waals surface area contributed by atoms with E-state index in [1.165, 1.54) is 33.1 Å². The van der Waals surface area contributed by atoms with Crippen LogP contribution < -0.4 is 11.1 Å². The van der Waals surface area contributed by atoms with Gasteiger partial charge in [-0.15, -0.1) is 22.7 Å². The van der Waals surface area contributed by atoms with Crippen molar-refractivity contribution in [2.75, 3.05) is 5.32 Å². The number of amides is 2. The molecule has 6 heteroatoms. The molecule has 0 aromatic carbocycles. The van der Waals surface area contributed by atoms with E-state index in [4.69, 9.17) is 5.73 Å². The molecule has 0 aliphatic rings. The zero-order valence-corrected chi connectivity index (χ0v) is 15.5. The standard InChI is InChI=1S/C17H22N2O2S2/c1-5-7-12-11(6-2)8-13(23-12)16(21)19-17-14(15(18)20)9(3)10(4)22-17/h8H,5-7H2,1-4H3,(H2,18,20)(H,19,21). The first-order chi connectivity index (χ1) is 10.9. The van der Waals surface area contributed by atoms with Crippen molar-refractivity contribution in [3.05, 3.63) is 37.4 Å². The summed E-state index contributed by atoms with van der Waals surface area (Å²) in [6.45, 7) is 8.00. The lowest BCUT2D eigenvalue weighted by Crippen LogP contribution is -2.16. The fourth-order valence-electron chi connectivity index (χ4n) is 2.49. The number of rotatable bonds is 6. The fraction of sp³-hybridized carbons (Fsp3) is 0.412. The van der Waals surface area contributed by atoms with E-state index in [1.807, 2.05) is 19.9 Å². The van der Waals surface area contributed by atoms with Crippen LogP contribution in [0.1, 0.15) is 61.2 Å². The minimum absolute atomic E-state index is 0.171. The molecule has 0 atom stereocenters. The van der Waals surface area contributed by atoms with Crippen molar-refractivity contribution in [1.29, 1.82) is 0 Å². The summed E-state index contributed by atoms with van der Waals surface area (Å²) in [7, 11) is 0. The van der Waals surface area contributed by atoms with Crippen molar-refractivity contribution in [3.8, 4) is 0 Å². The molecule has 2 aromatic heterocycles. The summed E-state index contributed by atoms with van der Waals surface area (Å²) in [5.41, 5.74) is 7.94. The average molecular weight is 351 g/mol. The molecule has 0 spiro atoms. The van der Waals surface area contributed by atoms with E-state index in [0.29, 0.717) is 15.4 Å². The highest BCUT2D eigenvalue weighted by Gasteiger charge is 2.21. The predicted octanol–water partition coefficient (Wildman–Crippen LogP) is 4.29. The summed E-state index contributed by atoms with van der Waals surface area (Å²) in [6, 6.07) is 1.96. The molecule has 2 aromatic rings. The minimum atomic E-state index is -0.505. The summed E-state index contributed by atoms with van der Waals surface area (Å²) in [5, 5.41) is 3.41. The van der Waals surface area contributed by atoms with E-state index in [2.05, 4.69) is 19.2 Å². The smallest absolute Gasteiger partial charge is 0.266 e. The van der Waals surface area contributed by atoms with Gasteiger partial charge in [0.2, 0.25) is 0 Å². The zero-order chi connectivity index (χ0) is 17.1. The lowest BCUT2D eigenvalue weighted by Gasteiger charge is -2.03. The Morgan fingerprint density at radius 1 is 1.22 bits per heavy atom. The Labute approximate surface area is 144 Å². The van der Waals surface area contributed by atoms with Crippen LogP contribution >= 0.6 is 22.7 Å². The molecule has 0 aliphatic heterocycles. The maximum Gasteiger partial charge on any atom is 0.266 e. The van der Waals surface area contributed by atoms with Crippen molar-refractivity contribution < 1.29 is 9.59 Å². The van der Waals surface area contributed by atoms with Crippen LogP contribution in [0, 0.1) is 13.8 Å². The Morgan fingerprint density at radius 2 is 1.91 bits per heavy atom. The van der Waals surface area contributed by atoms with Crippen LogP contribution in [-0.4, -0.2) is 11.8 Å². The number of primary amides is 1. The van der Waals surface area contributed by atoms with E-state index in [-0.39, 0.29) is 5.91 Å². The Morgan fingerprint density at radius 3 is 2.48 bits per heavy atom. The molecule has 4 nitrogen and oxygen atoms in total. The quantitative estimate of drug-likeness (QED) is 0.815. The van der Waals surface area contributed by atoms with Gasteiger partial charge >= 0.3 is 0 Å². The van der Waals surface area contributed by atoms with Crippen molar-refractivity contribution in [2.45, 2.75) is 47.0 Å². The van der Waals surface area contributed by atoms with Gasteiger partial charge in [-0.3, -0.25) is 9.59 Å². The summed E-state index contributed by atoms with van der Waals surface area (Å²) >= 11 is 2.93. The number of aryl methyl sites for hydroxylation is 3. The second-order valence-electron chi connectivity index (χ2n) is 5.47. The number of thiophene rings is 2. The van der Waals surface area contributed by atoms with Gasteiger partial charge in [-0.2, -0.15) is 0 Å². The molecule has 2 amide bonds. The number of carbonyl (C=O) groups excluding carboxylic acids is 2. The molecule has 3 N–H and O–H groups in total. The van der Waals surface area contributed by atoms with E-state index in [1.54, 1.807) is 0 Å². The lowest BCUT2D eigenvalue weighted by atomic mass is 10.1. The van der Waals surface area contributed by atoms with Gasteiger partial charge in [0.05, 0.1) is 10.4 Å². The van der Waals surface area contributed by atoms with Gasteiger partial charge in [-0.25, -0.2) is 0 Å². The highest BCUT2D eigenvalue weighted by molar-refractivity contribution is 7.17. The molecule has 0 saturated heterocycles. The van der Waals surface area contributed by atoms with Crippen molar-refractivity contribution in [1.82, 2.24) is 0 Å². The summed E-state index contributed by atoms with van der Waals surface area (Å²) in [5.74, 6) is -0.676. The number of anilines is 1. The molecule has 23 heavy (non-hydrogen) atoms. The zero-order valence-electron chi connectivity index (χ0n) is 13.9. The second kappa shape index (κ2) is 7.27. The highest BCUT2D eigenvalue weighted by atomic mass is 32.1. The third kappa shape index (κ3) is 3.64. The maximum atomic E-state index is 12.5. The molecule has 0 unspecified atom stereocenters. The monoisotopic (exact) mass is 350 g/mol. The van der Waals surface area contributed by atoms with Crippen LogP contribution in [0.3, 0.4) is 0 Å². The number of carbonyl (C=O) groups is 2. The Bertz CT molecular complexity index is 744. The largest absolute Gasteiger partial charge is 0.365 e. The molecule has 0 aliphatic carbocycles. The van der Waals surface area contributed by atoms with E-state index in [9.17, 15) is 9.59 Å². The first-order valence-electron chi connectivity index (χ1n) is 7.71. The van der Waals surface area contributed by atoms with Gasteiger partial charge < -0.3 is 11.1 Å². The Balaban J connectivity index is 2.29. The van der Waals surface area contributed by atoms with Crippen molar-refractivity contribution in [3.63, 3.8) is 0 Å². The van der Waals surface area contributed by atoms with Gasteiger partial charge in [-0.1, -0.05) is 20.3 Å². The molecule has 2 rings (SSSR count). The molecule has 0 radical (unpaired) electrons. The third-order valence-electron chi connectivity index (χ3n) is 3.84. The van der Waals surface area contributed by atoms with Crippen LogP contribution in [0.2, 0.25) is 0 Å². The first-order valence-corrected chi connectivity index (χ1v) is 9.35. The van der Waals surface area contributed by atoms with E-state index in [0.717, 1.165) is 29.7 Å². The summed E-state index contributed by atoms with van der Waals surface area (Å²) < 4.78 is 0. The van der Waals surface area contributed by atoms with Crippen molar-refractivity contribution >= 4 is 39.5 Å². The molecular formula is C17H22N2O2S2. The number of nitrogens with one attached hydrogen (secondary N) is 1. The van der Waals surface area contributed by atoms with Crippen molar-refractivity contribution in [2.24, 2.45) is 5.73 Å². The average Bonchev–Trinajstić information content (AvgIpc) is 3.01. The maximum absolute atomic E-state index is 12.5. The molecule has 0 saturated carbocycles. The molecule has 0 fully saturated rings. The summed E-state index contributed by atoms with van der Waals surface area (Å²) in [6.07, 6.45) is 2.97. The second-order valence-corrected chi connectivity index (χ2v) is 7.83. The minimum Gasteiger partial charge on any atom is -0.365 e. The number of hydrogen-bond donors (Lipinski definition) is 2. The van der Waals surface area contributed by atoms with Gasteiger partial charge in [0.1, 0.15) is 5.00 Å².